The largest absolute Gasteiger partial charge is 0.342 e. The summed E-state index contributed by atoms with van der Waals surface area (Å²) in [4.78, 5) is 33.0. The molecule has 0 spiro atoms. The quantitative estimate of drug-likeness (QED) is 0.835. The molecule has 0 bridgehead atoms. The van der Waals surface area contributed by atoms with Gasteiger partial charge in [0.1, 0.15) is 0 Å². The van der Waals surface area contributed by atoms with E-state index in [1.54, 1.807) is 6.92 Å². The molecular weight excluding hydrogens is 308 g/mol. The maximum atomic E-state index is 12.8. The van der Waals surface area contributed by atoms with Crippen LogP contribution in [0.15, 0.2) is 4.52 Å². The van der Waals surface area contributed by atoms with Crippen molar-refractivity contribution in [3.05, 3.63) is 11.7 Å². The average molecular weight is 334 g/mol. The van der Waals surface area contributed by atoms with E-state index in [2.05, 4.69) is 24.0 Å². The number of hydrogen-bond acceptors (Lipinski definition) is 5. The topological polar surface area (TPSA) is 79.5 Å². The fraction of sp³-hybridized carbons (Fsp3) is 0.765. The molecular formula is C17H26N4O3. The molecule has 0 saturated carbocycles. The number of likely N-dealkylation sites (tertiary alicyclic amines) is 2. The number of aryl methyl sites for hydroxylation is 1. The third-order valence-electron chi connectivity index (χ3n) is 4.79. The van der Waals surface area contributed by atoms with Crippen LogP contribution in [0.5, 0.6) is 0 Å². The van der Waals surface area contributed by atoms with Gasteiger partial charge in [-0.25, -0.2) is 0 Å². The molecule has 2 fully saturated rings. The summed E-state index contributed by atoms with van der Waals surface area (Å²) in [5, 5.41) is 4.00. The molecule has 7 nitrogen and oxygen atoms in total. The van der Waals surface area contributed by atoms with Crippen LogP contribution in [0.3, 0.4) is 0 Å². The average Bonchev–Trinajstić information content (AvgIpc) is 3.13. The van der Waals surface area contributed by atoms with Crippen LogP contribution < -0.4 is 0 Å². The zero-order chi connectivity index (χ0) is 17.3. The second kappa shape index (κ2) is 6.91. The van der Waals surface area contributed by atoms with Gasteiger partial charge in [0.2, 0.25) is 17.7 Å². The first-order chi connectivity index (χ1) is 11.4. The first kappa shape index (κ1) is 16.9. The van der Waals surface area contributed by atoms with Gasteiger partial charge in [0.25, 0.3) is 0 Å². The Balaban J connectivity index is 1.61. The molecule has 1 aromatic heterocycles. The lowest BCUT2D eigenvalue weighted by Crippen LogP contribution is -2.43. The van der Waals surface area contributed by atoms with Gasteiger partial charge >= 0.3 is 0 Å². The van der Waals surface area contributed by atoms with E-state index in [1.807, 2.05) is 9.80 Å². The number of carbonyl (C=O) groups excluding carboxylic acids is 2. The van der Waals surface area contributed by atoms with Gasteiger partial charge < -0.3 is 14.3 Å². The van der Waals surface area contributed by atoms with Crippen molar-refractivity contribution in [3.63, 3.8) is 0 Å². The summed E-state index contributed by atoms with van der Waals surface area (Å²) in [6, 6.07) is 0. The number of nitrogens with zero attached hydrogens (tertiary/aromatic N) is 4. The first-order valence-corrected chi connectivity index (χ1v) is 8.80. The molecule has 3 rings (SSSR count). The van der Waals surface area contributed by atoms with Crippen molar-refractivity contribution in [2.24, 2.45) is 11.8 Å². The smallest absolute Gasteiger partial charge is 0.228 e. The van der Waals surface area contributed by atoms with Crippen molar-refractivity contribution in [1.29, 1.82) is 0 Å². The van der Waals surface area contributed by atoms with Crippen molar-refractivity contribution < 1.29 is 14.1 Å². The van der Waals surface area contributed by atoms with E-state index in [9.17, 15) is 9.59 Å². The number of piperidine rings is 1. The van der Waals surface area contributed by atoms with E-state index in [4.69, 9.17) is 4.52 Å². The molecule has 0 radical (unpaired) electrons. The summed E-state index contributed by atoms with van der Waals surface area (Å²) in [7, 11) is 0. The lowest BCUT2D eigenvalue weighted by Gasteiger charge is -2.33. The van der Waals surface area contributed by atoms with Gasteiger partial charge in [0.05, 0.1) is 5.92 Å². The molecule has 2 aliphatic heterocycles. The summed E-state index contributed by atoms with van der Waals surface area (Å²) in [6.07, 6.45) is 2.24. The van der Waals surface area contributed by atoms with Crippen molar-refractivity contribution in [2.75, 3.05) is 26.2 Å². The maximum absolute atomic E-state index is 12.8. The molecule has 0 N–H and O–H groups in total. The van der Waals surface area contributed by atoms with Crippen LogP contribution in [0, 0.1) is 18.8 Å². The highest BCUT2D eigenvalue weighted by Crippen LogP contribution is 2.28. The monoisotopic (exact) mass is 334 g/mol. The Labute approximate surface area is 142 Å². The van der Waals surface area contributed by atoms with Crippen molar-refractivity contribution in [1.82, 2.24) is 19.9 Å². The number of rotatable bonds is 4. The van der Waals surface area contributed by atoms with Gasteiger partial charge in [0.15, 0.2) is 5.82 Å². The Hall–Kier alpha value is -1.92. The molecule has 0 aromatic carbocycles. The Kier molecular flexibility index (Phi) is 4.87. The fourth-order valence-electron chi connectivity index (χ4n) is 3.68. The van der Waals surface area contributed by atoms with Gasteiger partial charge in [-0.2, -0.15) is 4.98 Å². The zero-order valence-electron chi connectivity index (χ0n) is 14.7. The third-order valence-corrected chi connectivity index (χ3v) is 4.79. The highest BCUT2D eigenvalue weighted by Gasteiger charge is 2.38. The van der Waals surface area contributed by atoms with Crippen LogP contribution in [0.2, 0.25) is 0 Å². The number of hydrogen-bond donors (Lipinski definition) is 0. The van der Waals surface area contributed by atoms with Crippen molar-refractivity contribution in [2.45, 2.75) is 46.0 Å². The molecule has 2 atom stereocenters. The molecule has 2 saturated heterocycles. The molecule has 7 heteroatoms. The Morgan fingerprint density at radius 1 is 1.38 bits per heavy atom. The van der Waals surface area contributed by atoms with E-state index in [0.717, 1.165) is 25.9 Å². The molecule has 2 amide bonds. The van der Waals surface area contributed by atoms with Gasteiger partial charge in [-0.15, -0.1) is 0 Å². The third kappa shape index (κ3) is 3.60. The van der Waals surface area contributed by atoms with Gasteiger partial charge in [-0.1, -0.05) is 19.0 Å². The highest BCUT2D eigenvalue weighted by atomic mass is 16.5. The molecule has 0 unspecified atom stereocenters. The fourth-order valence-corrected chi connectivity index (χ4v) is 3.68. The zero-order valence-corrected chi connectivity index (χ0v) is 14.7. The minimum atomic E-state index is -0.206. The predicted molar refractivity (Wildman–Crippen MR) is 87.1 cm³/mol. The van der Waals surface area contributed by atoms with E-state index in [0.29, 0.717) is 37.1 Å². The van der Waals surface area contributed by atoms with E-state index in [-0.39, 0.29) is 23.7 Å². The van der Waals surface area contributed by atoms with Crippen LogP contribution in [0.1, 0.15) is 50.7 Å². The summed E-state index contributed by atoms with van der Waals surface area (Å²) in [6.45, 7) is 8.60. The SMILES string of the molecule is Cc1nc([C@H]2CCCN(C(=O)[C@@H]3CC(=O)N(CC(C)C)C3)C2)no1. The maximum Gasteiger partial charge on any atom is 0.228 e. The molecule has 132 valence electrons. The summed E-state index contributed by atoms with van der Waals surface area (Å²) >= 11 is 0. The number of carbonyl (C=O) groups is 2. The van der Waals surface area contributed by atoms with E-state index in [1.165, 1.54) is 0 Å². The number of aromatic nitrogens is 2. The van der Waals surface area contributed by atoms with Crippen LogP contribution in [0.25, 0.3) is 0 Å². The predicted octanol–water partition coefficient (Wildman–Crippen LogP) is 1.59. The van der Waals surface area contributed by atoms with Gasteiger partial charge in [-0.3, -0.25) is 9.59 Å². The normalized spacial score (nSPS) is 24.9. The lowest BCUT2D eigenvalue weighted by molar-refractivity contribution is -0.137. The Bertz CT molecular complexity index is 613. The number of amides is 2. The van der Waals surface area contributed by atoms with Crippen LogP contribution >= 0.6 is 0 Å². The summed E-state index contributed by atoms with van der Waals surface area (Å²) in [5.74, 6) is 1.78. The van der Waals surface area contributed by atoms with Crippen molar-refractivity contribution in [3.8, 4) is 0 Å². The van der Waals surface area contributed by atoms with Crippen LogP contribution in [-0.4, -0.2) is 57.9 Å². The van der Waals surface area contributed by atoms with Gasteiger partial charge in [0, 0.05) is 45.4 Å². The lowest BCUT2D eigenvalue weighted by atomic mass is 9.95. The van der Waals surface area contributed by atoms with Crippen molar-refractivity contribution >= 4 is 11.8 Å². The van der Waals surface area contributed by atoms with E-state index >= 15 is 0 Å². The summed E-state index contributed by atoms with van der Waals surface area (Å²) < 4.78 is 5.06. The second-order valence-electron chi connectivity index (χ2n) is 7.39. The minimum absolute atomic E-state index is 0.0968. The Morgan fingerprint density at radius 3 is 2.83 bits per heavy atom. The van der Waals surface area contributed by atoms with Crippen LogP contribution in [0.4, 0.5) is 0 Å². The Morgan fingerprint density at radius 2 is 2.17 bits per heavy atom. The minimum Gasteiger partial charge on any atom is -0.342 e. The van der Waals surface area contributed by atoms with Crippen LogP contribution in [-0.2, 0) is 9.59 Å². The highest BCUT2D eigenvalue weighted by molar-refractivity contribution is 5.89. The van der Waals surface area contributed by atoms with Gasteiger partial charge in [-0.05, 0) is 18.8 Å². The molecule has 1 aromatic rings. The molecule has 0 aliphatic carbocycles. The van der Waals surface area contributed by atoms with E-state index < -0.39 is 0 Å². The second-order valence-corrected chi connectivity index (χ2v) is 7.39. The molecule has 24 heavy (non-hydrogen) atoms. The standard InChI is InChI=1S/C17H26N4O3/c1-11(2)8-21-10-14(7-15(21)22)17(23)20-6-4-5-13(9-20)16-18-12(3)24-19-16/h11,13-14H,4-10H2,1-3H3/t13-,14+/m0/s1. The first-order valence-electron chi connectivity index (χ1n) is 8.80. The summed E-state index contributed by atoms with van der Waals surface area (Å²) in [5.41, 5.74) is 0. The molecule has 2 aliphatic rings. The molecule has 3 heterocycles.